The number of hydrogen-bond donors (Lipinski definition) is 2. The zero-order valence-electron chi connectivity index (χ0n) is 16.3. The topological polar surface area (TPSA) is 93.2 Å². The van der Waals surface area contributed by atoms with Crippen molar-refractivity contribution in [1.29, 1.82) is 0 Å². The van der Waals surface area contributed by atoms with Gasteiger partial charge in [0.1, 0.15) is 17.0 Å². The number of aromatic nitrogens is 2. The molecule has 2 bridgehead atoms. The van der Waals surface area contributed by atoms with Gasteiger partial charge in [0, 0.05) is 11.1 Å². The number of carbonyl (C=O) groups excluding carboxylic acids is 2. The van der Waals surface area contributed by atoms with Crippen LogP contribution in [0.2, 0.25) is 0 Å². The Bertz CT molecular complexity index is 722. The van der Waals surface area contributed by atoms with E-state index < -0.39 is 29.7 Å². The summed E-state index contributed by atoms with van der Waals surface area (Å²) in [6.07, 6.45) is 3.24. The minimum absolute atomic E-state index is 0.0214. The van der Waals surface area contributed by atoms with E-state index in [9.17, 15) is 18.4 Å². The number of rotatable bonds is 4. The van der Waals surface area contributed by atoms with E-state index in [2.05, 4.69) is 20.6 Å². The molecule has 7 nitrogen and oxygen atoms in total. The Labute approximate surface area is 162 Å². The molecule has 0 aromatic carbocycles. The van der Waals surface area contributed by atoms with E-state index in [-0.39, 0.29) is 16.8 Å². The average Bonchev–Trinajstić information content (AvgIpc) is 2.61. The van der Waals surface area contributed by atoms with Crippen LogP contribution in [0.5, 0.6) is 0 Å². The molecule has 4 rings (SSSR count). The highest BCUT2D eigenvalue weighted by molar-refractivity contribution is 5.92. The van der Waals surface area contributed by atoms with Gasteiger partial charge in [-0.3, -0.25) is 9.78 Å². The molecular weight excluding hydrogens is 370 g/mol. The van der Waals surface area contributed by atoms with Gasteiger partial charge in [0.25, 0.3) is 12.3 Å². The minimum Gasteiger partial charge on any atom is -0.444 e. The first-order valence-corrected chi connectivity index (χ1v) is 9.45. The van der Waals surface area contributed by atoms with Crippen molar-refractivity contribution in [2.24, 2.45) is 0 Å². The quantitative estimate of drug-likeness (QED) is 0.812. The van der Waals surface area contributed by atoms with Crippen molar-refractivity contribution in [3.05, 3.63) is 23.8 Å². The molecule has 154 valence electrons. The highest BCUT2D eigenvalue weighted by Crippen LogP contribution is 2.47. The SMILES string of the molecule is CC(C)(C)OC(=O)NC12CCC(NC(=O)c3cnc(C(F)F)cn3)(CC1)CC2. The van der Waals surface area contributed by atoms with Gasteiger partial charge in [-0.15, -0.1) is 0 Å². The lowest BCUT2D eigenvalue weighted by Crippen LogP contribution is -2.64. The molecule has 2 amide bonds. The van der Waals surface area contributed by atoms with E-state index in [0.29, 0.717) is 0 Å². The van der Waals surface area contributed by atoms with Gasteiger partial charge in [0.2, 0.25) is 0 Å². The van der Waals surface area contributed by atoms with E-state index in [1.54, 1.807) is 0 Å². The summed E-state index contributed by atoms with van der Waals surface area (Å²) in [6.45, 7) is 5.47. The van der Waals surface area contributed by atoms with E-state index in [1.165, 1.54) is 0 Å². The maximum atomic E-state index is 12.6. The van der Waals surface area contributed by atoms with Gasteiger partial charge in [-0.25, -0.2) is 18.6 Å². The lowest BCUT2D eigenvalue weighted by Gasteiger charge is -2.53. The summed E-state index contributed by atoms with van der Waals surface area (Å²) < 4.78 is 30.5. The van der Waals surface area contributed by atoms with Gasteiger partial charge in [-0.2, -0.15) is 0 Å². The Kier molecular flexibility index (Phi) is 5.29. The number of alkyl carbamates (subject to hydrolysis) is 1. The second-order valence-electron chi connectivity index (χ2n) is 8.77. The van der Waals surface area contributed by atoms with Crippen LogP contribution in [0.25, 0.3) is 0 Å². The molecule has 3 aliphatic carbocycles. The highest BCUT2D eigenvalue weighted by atomic mass is 19.3. The molecule has 1 aromatic heterocycles. The maximum absolute atomic E-state index is 12.6. The Morgan fingerprint density at radius 2 is 1.54 bits per heavy atom. The van der Waals surface area contributed by atoms with Gasteiger partial charge in [-0.05, 0) is 59.3 Å². The van der Waals surface area contributed by atoms with Crippen molar-refractivity contribution in [1.82, 2.24) is 20.6 Å². The van der Waals surface area contributed by atoms with E-state index in [0.717, 1.165) is 50.9 Å². The van der Waals surface area contributed by atoms with Crippen LogP contribution in [0.1, 0.15) is 81.9 Å². The fourth-order valence-corrected chi connectivity index (χ4v) is 3.95. The number of halogens is 2. The van der Waals surface area contributed by atoms with Crippen molar-refractivity contribution >= 4 is 12.0 Å². The van der Waals surface area contributed by atoms with Crippen LogP contribution in [0, 0.1) is 0 Å². The maximum Gasteiger partial charge on any atom is 0.408 e. The standard InChI is InChI=1S/C19H26F2N4O3/c1-17(2,3)28-16(27)25-19-7-4-18(5-8-19,6-9-19)24-15(26)13-11-22-12(10-23-13)14(20)21/h10-11,14H,4-9H2,1-3H3,(H,24,26)(H,25,27). The summed E-state index contributed by atoms with van der Waals surface area (Å²) in [7, 11) is 0. The number of amides is 2. The van der Waals surface area contributed by atoms with Gasteiger partial charge in [0.15, 0.2) is 0 Å². The first-order chi connectivity index (χ1) is 13.0. The number of carbonyl (C=O) groups is 2. The predicted octanol–water partition coefficient (Wildman–Crippen LogP) is 3.51. The van der Waals surface area contributed by atoms with Crippen molar-refractivity contribution in [3.8, 4) is 0 Å². The van der Waals surface area contributed by atoms with Gasteiger partial charge in [0.05, 0.1) is 12.4 Å². The number of fused-ring (bicyclic) bond motifs is 3. The monoisotopic (exact) mass is 396 g/mol. The molecule has 0 spiro atoms. The summed E-state index contributed by atoms with van der Waals surface area (Å²) in [5.41, 5.74) is -1.65. The van der Waals surface area contributed by atoms with Crippen molar-refractivity contribution in [2.45, 2.75) is 82.4 Å². The Balaban J connectivity index is 1.58. The Hall–Kier alpha value is -2.32. The first-order valence-electron chi connectivity index (χ1n) is 9.45. The van der Waals surface area contributed by atoms with Crippen LogP contribution in [0.4, 0.5) is 13.6 Å². The summed E-state index contributed by atoms with van der Waals surface area (Å²) in [5, 5.41) is 6.05. The average molecular weight is 396 g/mol. The third kappa shape index (κ3) is 4.56. The second-order valence-corrected chi connectivity index (χ2v) is 8.77. The molecule has 3 aliphatic rings. The third-order valence-electron chi connectivity index (χ3n) is 5.52. The molecule has 0 aliphatic heterocycles. The summed E-state index contributed by atoms with van der Waals surface area (Å²) in [4.78, 5) is 32.0. The summed E-state index contributed by atoms with van der Waals surface area (Å²) in [5.74, 6) is -0.414. The normalized spacial score (nSPS) is 26.8. The lowest BCUT2D eigenvalue weighted by molar-refractivity contribution is 0.0199. The summed E-state index contributed by atoms with van der Waals surface area (Å²) >= 11 is 0. The number of nitrogens with one attached hydrogen (secondary N) is 2. The van der Waals surface area contributed by atoms with E-state index >= 15 is 0 Å². The fraction of sp³-hybridized carbons (Fsp3) is 0.684. The fourth-order valence-electron chi connectivity index (χ4n) is 3.95. The van der Waals surface area contributed by atoms with Crippen LogP contribution in [0.3, 0.4) is 0 Å². The number of ether oxygens (including phenoxy) is 1. The largest absolute Gasteiger partial charge is 0.444 e. The molecule has 0 unspecified atom stereocenters. The van der Waals surface area contributed by atoms with Crippen LogP contribution in [-0.2, 0) is 4.74 Å². The van der Waals surface area contributed by atoms with Crippen LogP contribution in [0.15, 0.2) is 12.4 Å². The van der Waals surface area contributed by atoms with Gasteiger partial charge < -0.3 is 15.4 Å². The van der Waals surface area contributed by atoms with Crippen molar-refractivity contribution < 1.29 is 23.1 Å². The van der Waals surface area contributed by atoms with Crippen molar-refractivity contribution in [2.75, 3.05) is 0 Å². The number of alkyl halides is 2. The molecule has 28 heavy (non-hydrogen) atoms. The molecular formula is C19H26F2N4O3. The van der Waals surface area contributed by atoms with Crippen LogP contribution >= 0.6 is 0 Å². The smallest absolute Gasteiger partial charge is 0.408 e. The molecule has 9 heteroatoms. The van der Waals surface area contributed by atoms with E-state index in [4.69, 9.17) is 4.74 Å². The lowest BCUT2D eigenvalue weighted by atomic mass is 9.61. The highest BCUT2D eigenvalue weighted by Gasteiger charge is 2.50. The number of nitrogens with zero attached hydrogens (tertiary/aromatic N) is 2. The Morgan fingerprint density at radius 3 is 1.96 bits per heavy atom. The number of hydrogen-bond acceptors (Lipinski definition) is 5. The zero-order valence-corrected chi connectivity index (χ0v) is 16.3. The third-order valence-corrected chi connectivity index (χ3v) is 5.52. The van der Waals surface area contributed by atoms with Crippen LogP contribution < -0.4 is 10.6 Å². The zero-order chi connectivity index (χ0) is 20.6. The van der Waals surface area contributed by atoms with E-state index in [1.807, 2.05) is 20.8 Å². The molecule has 2 N–H and O–H groups in total. The summed E-state index contributed by atoms with van der Waals surface area (Å²) in [6, 6.07) is 0. The first kappa shape index (κ1) is 20.4. The van der Waals surface area contributed by atoms with Gasteiger partial charge in [-0.1, -0.05) is 0 Å². The molecule has 0 atom stereocenters. The molecule has 1 aromatic rings. The molecule has 0 saturated heterocycles. The van der Waals surface area contributed by atoms with Gasteiger partial charge >= 0.3 is 6.09 Å². The van der Waals surface area contributed by atoms with Crippen LogP contribution in [-0.4, -0.2) is 38.6 Å². The second kappa shape index (κ2) is 7.25. The van der Waals surface area contributed by atoms with Crippen molar-refractivity contribution in [3.63, 3.8) is 0 Å². The molecule has 1 heterocycles. The Morgan fingerprint density at radius 1 is 1.00 bits per heavy atom. The molecule has 0 radical (unpaired) electrons. The molecule has 3 fully saturated rings. The minimum atomic E-state index is -2.72. The predicted molar refractivity (Wildman–Crippen MR) is 97.0 cm³/mol. The molecule has 3 saturated carbocycles.